The molecule has 2 N–H and O–H groups in total. The average molecular weight is 239 g/mol. The number of nitrogens with two attached hydrogens (primary N) is 1. The Kier molecular flexibility index (Phi) is 3.53. The van der Waals surface area contributed by atoms with Gasteiger partial charge in [-0.1, -0.05) is 23.7 Å². The van der Waals surface area contributed by atoms with Crippen molar-refractivity contribution in [3.63, 3.8) is 0 Å². The Labute approximate surface area is 102 Å². The molecule has 0 radical (unpaired) electrons. The molecule has 1 aliphatic heterocycles. The maximum atomic E-state index is 5.97. The summed E-state index contributed by atoms with van der Waals surface area (Å²) < 4.78 is 0. The number of benzene rings is 1. The first-order chi connectivity index (χ1) is 7.66. The Hall–Kier alpha value is -0.570. The predicted molar refractivity (Wildman–Crippen MR) is 68.8 cm³/mol. The number of halogens is 1. The van der Waals surface area contributed by atoms with Gasteiger partial charge in [-0.3, -0.25) is 4.90 Å². The van der Waals surface area contributed by atoms with Gasteiger partial charge in [0.1, 0.15) is 0 Å². The van der Waals surface area contributed by atoms with Crippen LogP contribution in [0.3, 0.4) is 0 Å². The number of likely N-dealkylation sites (tertiary alicyclic amines) is 1. The fourth-order valence-electron chi connectivity index (χ4n) is 2.61. The highest BCUT2D eigenvalue weighted by atomic mass is 35.5. The van der Waals surface area contributed by atoms with E-state index in [1.54, 1.807) is 0 Å². The molecule has 0 amide bonds. The van der Waals surface area contributed by atoms with E-state index in [1.165, 1.54) is 18.4 Å². The number of hydrogen-bond donors (Lipinski definition) is 1. The largest absolute Gasteiger partial charge is 0.329 e. The lowest BCUT2D eigenvalue weighted by Crippen LogP contribution is -2.49. The van der Waals surface area contributed by atoms with Crippen LogP contribution in [0.15, 0.2) is 24.3 Å². The van der Waals surface area contributed by atoms with Crippen molar-refractivity contribution < 1.29 is 0 Å². The molecule has 0 aliphatic carbocycles. The Morgan fingerprint density at radius 1 is 1.38 bits per heavy atom. The minimum Gasteiger partial charge on any atom is -0.329 e. The first-order valence-corrected chi connectivity index (χ1v) is 6.20. The molecule has 2 nitrogen and oxygen atoms in total. The van der Waals surface area contributed by atoms with Crippen molar-refractivity contribution >= 4 is 11.6 Å². The SMILES string of the molecule is CN1CCCC1(CN)Cc1ccc(Cl)cc1. The zero-order valence-electron chi connectivity index (χ0n) is 9.75. The molecule has 1 atom stereocenters. The van der Waals surface area contributed by atoms with Crippen LogP contribution in [-0.4, -0.2) is 30.6 Å². The van der Waals surface area contributed by atoms with E-state index in [2.05, 4.69) is 24.1 Å². The summed E-state index contributed by atoms with van der Waals surface area (Å²) in [6.07, 6.45) is 3.47. The average Bonchev–Trinajstić information content (AvgIpc) is 2.64. The second-order valence-electron chi connectivity index (χ2n) is 4.76. The first kappa shape index (κ1) is 11.9. The van der Waals surface area contributed by atoms with Gasteiger partial charge in [0.25, 0.3) is 0 Å². The summed E-state index contributed by atoms with van der Waals surface area (Å²) in [5, 5.41) is 0.797. The zero-order valence-corrected chi connectivity index (χ0v) is 10.5. The molecule has 2 rings (SSSR count). The maximum absolute atomic E-state index is 5.97. The van der Waals surface area contributed by atoms with Gasteiger partial charge in [-0.15, -0.1) is 0 Å². The maximum Gasteiger partial charge on any atom is 0.0406 e. The molecule has 1 fully saturated rings. The summed E-state index contributed by atoms with van der Waals surface area (Å²) in [4.78, 5) is 2.40. The van der Waals surface area contributed by atoms with Crippen molar-refractivity contribution in [2.75, 3.05) is 20.1 Å². The summed E-state index contributed by atoms with van der Waals surface area (Å²) in [6, 6.07) is 8.12. The highest BCUT2D eigenvalue weighted by Crippen LogP contribution is 2.30. The summed E-state index contributed by atoms with van der Waals surface area (Å²) in [7, 11) is 2.18. The number of nitrogens with zero attached hydrogens (tertiary/aromatic N) is 1. The summed E-state index contributed by atoms with van der Waals surface area (Å²) >= 11 is 5.89. The van der Waals surface area contributed by atoms with Crippen molar-refractivity contribution in [3.8, 4) is 0 Å². The van der Waals surface area contributed by atoms with Crippen LogP contribution in [0, 0.1) is 0 Å². The summed E-state index contributed by atoms with van der Waals surface area (Å²) in [5.41, 5.74) is 7.45. The molecule has 3 heteroatoms. The lowest BCUT2D eigenvalue weighted by Gasteiger charge is -2.35. The van der Waals surface area contributed by atoms with E-state index in [0.29, 0.717) is 0 Å². The third-order valence-corrected chi connectivity index (χ3v) is 4.02. The second-order valence-corrected chi connectivity index (χ2v) is 5.19. The number of rotatable bonds is 3. The number of likely N-dealkylation sites (N-methyl/N-ethyl adjacent to an activating group) is 1. The van der Waals surface area contributed by atoms with Gasteiger partial charge < -0.3 is 5.73 Å². The standard InChI is InChI=1S/C13H19ClN2/c1-16-8-2-7-13(16,10-15)9-11-3-5-12(14)6-4-11/h3-6H,2,7-10,15H2,1H3. The lowest BCUT2D eigenvalue weighted by atomic mass is 9.88. The molecule has 1 saturated heterocycles. The second kappa shape index (κ2) is 4.74. The molecule has 0 bridgehead atoms. The lowest BCUT2D eigenvalue weighted by molar-refractivity contribution is 0.181. The minimum atomic E-state index is 0.161. The molecule has 16 heavy (non-hydrogen) atoms. The van der Waals surface area contributed by atoms with Crippen molar-refractivity contribution in [1.82, 2.24) is 4.90 Å². The van der Waals surface area contributed by atoms with E-state index in [4.69, 9.17) is 17.3 Å². The molecule has 88 valence electrons. The summed E-state index contributed by atoms with van der Waals surface area (Å²) in [5.74, 6) is 0. The van der Waals surface area contributed by atoms with Gasteiger partial charge in [0.05, 0.1) is 0 Å². The highest BCUT2D eigenvalue weighted by Gasteiger charge is 2.37. The highest BCUT2D eigenvalue weighted by molar-refractivity contribution is 6.30. The van der Waals surface area contributed by atoms with Gasteiger partial charge in [-0.05, 0) is 50.6 Å². The van der Waals surface area contributed by atoms with Gasteiger partial charge in [-0.2, -0.15) is 0 Å². The molecule has 1 aromatic carbocycles. The molecule has 1 unspecified atom stereocenters. The molecular weight excluding hydrogens is 220 g/mol. The van der Waals surface area contributed by atoms with Crippen LogP contribution in [0.5, 0.6) is 0 Å². The van der Waals surface area contributed by atoms with Gasteiger partial charge >= 0.3 is 0 Å². The van der Waals surface area contributed by atoms with Crippen LogP contribution in [0.1, 0.15) is 18.4 Å². The van der Waals surface area contributed by atoms with E-state index in [-0.39, 0.29) is 5.54 Å². The van der Waals surface area contributed by atoms with Crippen LogP contribution >= 0.6 is 11.6 Å². The Morgan fingerprint density at radius 2 is 2.06 bits per heavy atom. The molecule has 0 saturated carbocycles. The number of hydrogen-bond acceptors (Lipinski definition) is 2. The first-order valence-electron chi connectivity index (χ1n) is 5.82. The predicted octanol–water partition coefficient (Wildman–Crippen LogP) is 2.31. The fourth-order valence-corrected chi connectivity index (χ4v) is 2.73. The molecule has 1 aliphatic rings. The molecule has 0 aromatic heterocycles. The third-order valence-electron chi connectivity index (χ3n) is 3.77. The molecular formula is C13H19ClN2. The monoisotopic (exact) mass is 238 g/mol. The van der Waals surface area contributed by atoms with E-state index in [1.807, 2.05) is 12.1 Å². The quantitative estimate of drug-likeness (QED) is 0.876. The van der Waals surface area contributed by atoms with Crippen LogP contribution < -0.4 is 5.73 Å². The molecule has 1 aromatic rings. The van der Waals surface area contributed by atoms with E-state index in [9.17, 15) is 0 Å². The molecule has 1 heterocycles. The zero-order chi connectivity index (χ0) is 11.6. The van der Waals surface area contributed by atoms with Crippen LogP contribution in [0.25, 0.3) is 0 Å². The van der Waals surface area contributed by atoms with E-state index < -0.39 is 0 Å². The van der Waals surface area contributed by atoms with Crippen molar-refractivity contribution in [2.24, 2.45) is 5.73 Å². The smallest absolute Gasteiger partial charge is 0.0406 e. The Balaban J connectivity index is 2.15. The minimum absolute atomic E-state index is 0.161. The Morgan fingerprint density at radius 3 is 2.56 bits per heavy atom. The Bertz CT molecular complexity index is 349. The van der Waals surface area contributed by atoms with Crippen LogP contribution in [0.2, 0.25) is 5.02 Å². The molecule has 0 spiro atoms. The van der Waals surface area contributed by atoms with Crippen molar-refractivity contribution in [1.29, 1.82) is 0 Å². The van der Waals surface area contributed by atoms with Gasteiger partial charge in [0.2, 0.25) is 0 Å². The fraction of sp³-hybridized carbons (Fsp3) is 0.538. The van der Waals surface area contributed by atoms with Crippen LogP contribution in [-0.2, 0) is 6.42 Å². The van der Waals surface area contributed by atoms with Crippen LogP contribution in [0.4, 0.5) is 0 Å². The van der Waals surface area contributed by atoms with Crippen molar-refractivity contribution in [3.05, 3.63) is 34.9 Å². The summed E-state index contributed by atoms with van der Waals surface area (Å²) in [6.45, 7) is 1.89. The van der Waals surface area contributed by atoms with E-state index in [0.717, 1.165) is 24.5 Å². The van der Waals surface area contributed by atoms with Gasteiger partial charge in [-0.25, -0.2) is 0 Å². The van der Waals surface area contributed by atoms with E-state index >= 15 is 0 Å². The van der Waals surface area contributed by atoms with Crippen molar-refractivity contribution in [2.45, 2.75) is 24.8 Å². The topological polar surface area (TPSA) is 29.3 Å². The normalized spacial score (nSPS) is 26.2. The van der Waals surface area contributed by atoms with Gasteiger partial charge in [0, 0.05) is 17.1 Å². The third kappa shape index (κ3) is 2.24. The van der Waals surface area contributed by atoms with Gasteiger partial charge in [0.15, 0.2) is 0 Å².